The molecule has 0 amide bonds. The molecule has 0 atom stereocenters. The predicted octanol–water partition coefficient (Wildman–Crippen LogP) is 6.26. The Morgan fingerprint density at radius 2 is 1.73 bits per heavy atom. The average Bonchev–Trinajstić information content (AvgIpc) is 2.93. The second-order valence-electron chi connectivity index (χ2n) is 11.1. The van der Waals surface area contributed by atoms with Crippen LogP contribution in [0, 0.1) is 6.92 Å². The highest BCUT2D eigenvalue weighted by Gasteiger charge is 2.27. The first-order valence-corrected chi connectivity index (χ1v) is 17.4. The first kappa shape index (κ1) is 30.0. The molecule has 220 valence electrons. The van der Waals surface area contributed by atoms with Gasteiger partial charge < -0.3 is 20.4 Å². The Hall–Kier alpha value is -2.44. The molecule has 9 nitrogen and oxygen atoms in total. The maximum Gasteiger partial charge on any atom is 0.229 e. The number of nitrogens with zero attached hydrogens (tertiary/aromatic N) is 6. The molecule has 0 radical (unpaired) electrons. The van der Waals surface area contributed by atoms with Gasteiger partial charge in [-0.15, -0.1) is 0 Å². The van der Waals surface area contributed by atoms with E-state index in [0.29, 0.717) is 38.7 Å². The number of nitrogens with one attached hydrogen (secondary N) is 2. The summed E-state index contributed by atoms with van der Waals surface area (Å²) in [5.41, 5.74) is 4.39. The molecule has 2 N–H and O–H groups in total. The molecule has 5 rings (SSSR count). The molecule has 2 saturated heterocycles. The van der Waals surface area contributed by atoms with Crippen molar-refractivity contribution >= 4 is 71.8 Å². The molecule has 3 aromatic rings. The number of para-hydroxylation sites is 1. The van der Waals surface area contributed by atoms with Crippen LogP contribution < -0.4 is 15.5 Å². The second kappa shape index (κ2) is 12.8. The van der Waals surface area contributed by atoms with Gasteiger partial charge in [0.15, 0.2) is 0 Å². The summed E-state index contributed by atoms with van der Waals surface area (Å²) in [6, 6.07) is 12.2. The Kier molecular flexibility index (Phi) is 9.40. The summed E-state index contributed by atoms with van der Waals surface area (Å²) >= 11 is 10.3. The lowest BCUT2D eigenvalue weighted by Gasteiger charge is -2.43. The van der Waals surface area contributed by atoms with E-state index in [0.717, 1.165) is 37.4 Å². The summed E-state index contributed by atoms with van der Waals surface area (Å²) < 4.78 is 17.4. The van der Waals surface area contributed by atoms with E-state index in [-0.39, 0.29) is 0 Å². The maximum atomic E-state index is 12.3. The van der Waals surface area contributed by atoms with Crippen molar-refractivity contribution in [2.24, 2.45) is 4.36 Å². The number of hydrogen-bond acceptors (Lipinski definition) is 9. The number of piperazine rings is 1. The zero-order valence-electron chi connectivity index (χ0n) is 24.0. The summed E-state index contributed by atoms with van der Waals surface area (Å²) in [6.45, 7) is 8.85. The Morgan fingerprint density at radius 3 is 2.44 bits per heavy atom. The summed E-state index contributed by atoms with van der Waals surface area (Å²) in [4.78, 5) is 16.7. The van der Waals surface area contributed by atoms with Crippen molar-refractivity contribution in [2.75, 3.05) is 74.4 Å². The van der Waals surface area contributed by atoms with Crippen LogP contribution in [0.2, 0.25) is 5.02 Å². The third kappa shape index (κ3) is 7.70. The minimum Gasteiger partial charge on any atom is -0.371 e. The number of hydrogen-bond donors (Lipinski definition) is 2. The highest BCUT2D eigenvalue weighted by molar-refractivity contribution is 9.10. The largest absolute Gasteiger partial charge is 0.371 e. The monoisotopic (exact) mass is 660 g/mol. The van der Waals surface area contributed by atoms with Crippen molar-refractivity contribution in [3.8, 4) is 0 Å². The van der Waals surface area contributed by atoms with Gasteiger partial charge in [-0.25, -0.2) is 9.19 Å². The van der Waals surface area contributed by atoms with E-state index in [9.17, 15) is 4.21 Å². The molecule has 0 saturated carbocycles. The van der Waals surface area contributed by atoms with Crippen molar-refractivity contribution < 1.29 is 4.21 Å². The van der Waals surface area contributed by atoms with Gasteiger partial charge in [0, 0.05) is 79.4 Å². The van der Waals surface area contributed by atoms with Gasteiger partial charge in [0.1, 0.15) is 5.82 Å². The van der Waals surface area contributed by atoms with Gasteiger partial charge in [0.2, 0.25) is 5.95 Å². The quantitative estimate of drug-likeness (QED) is 0.307. The van der Waals surface area contributed by atoms with E-state index < -0.39 is 9.73 Å². The summed E-state index contributed by atoms with van der Waals surface area (Å²) in [5, 5.41) is 7.21. The number of aromatic nitrogens is 2. The van der Waals surface area contributed by atoms with Gasteiger partial charge in [-0.1, -0.05) is 23.7 Å². The van der Waals surface area contributed by atoms with Gasteiger partial charge in [-0.2, -0.15) is 9.35 Å². The third-order valence-corrected chi connectivity index (χ3v) is 9.14. The van der Waals surface area contributed by atoms with E-state index in [1.807, 2.05) is 24.3 Å². The van der Waals surface area contributed by atoms with E-state index in [2.05, 4.69) is 81.7 Å². The second-order valence-corrected chi connectivity index (χ2v) is 14.9. The van der Waals surface area contributed by atoms with Crippen LogP contribution in [-0.4, -0.2) is 88.8 Å². The van der Waals surface area contributed by atoms with Crippen molar-refractivity contribution in [2.45, 2.75) is 25.8 Å². The van der Waals surface area contributed by atoms with Crippen LogP contribution in [0.3, 0.4) is 0 Å². The predicted molar refractivity (Wildman–Crippen MR) is 175 cm³/mol. The van der Waals surface area contributed by atoms with Crippen LogP contribution in [0.4, 0.5) is 34.5 Å². The molecule has 2 fully saturated rings. The highest BCUT2D eigenvalue weighted by atomic mass is 79.9. The first-order valence-electron chi connectivity index (χ1n) is 13.9. The zero-order chi connectivity index (χ0) is 29.1. The summed E-state index contributed by atoms with van der Waals surface area (Å²) in [5.74, 6) is 0.957. The topological polar surface area (TPSA) is 89.0 Å². The molecular weight excluding hydrogens is 624 g/mol. The molecule has 2 aromatic carbocycles. The number of rotatable bonds is 7. The number of anilines is 5. The third-order valence-electron chi connectivity index (χ3n) is 7.61. The van der Waals surface area contributed by atoms with Crippen LogP contribution in [0.25, 0.3) is 0 Å². The SMILES string of the molecule is Cc1cc(Nc2ncc(Br)c(Nc3ccccc3N=S(C)(C)=O)n2)c(Cl)cc1N1CCC(N2CCN(C)CC2)CC1. The molecule has 3 heterocycles. The molecule has 2 aliphatic rings. The molecule has 0 unspecified atom stereocenters. The minimum absolute atomic E-state index is 0.405. The van der Waals surface area contributed by atoms with E-state index in [4.69, 9.17) is 11.6 Å². The number of benzene rings is 2. The fourth-order valence-electron chi connectivity index (χ4n) is 5.43. The molecule has 0 bridgehead atoms. The van der Waals surface area contributed by atoms with Crippen molar-refractivity contribution in [1.82, 2.24) is 19.8 Å². The lowest BCUT2D eigenvalue weighted by atomic mass is 10.0. The van der Waals surface area contributed by atoms with Crippen LogP contribution in [-0.2, 0) is 9.73 Å². The van der Waals surface area contributed by atoms with Crippen molar-refractivity contribution in [1.29, 1.82) is 0 Å². The van der Waals surface area contributed by atoms with Gasteiger partial charge in [0.05, 0.1) is 26.6 Å². The van der Waals surface area contributed by atoms with Crippen molar-refractivity contribution in [3.05, 3.63) is 57.7 Å². The highest BCUT2D eigenvalue weighted by Crippen LogP contribution is 2.36. The Bertz CT molecular complexity index is 1500. The number of halogens is 2. The van der Waals surface area contributed by atoms with E-state index >= 15 is 0 Å². The van der Waals surface area contributed by atoms with E-state index in [1.54, 1.807) is 18.7 Å². The van der Waals surface area contributed by atoms with Gasteiger partial charge in [0.25, 0.3) is 0 Å². The van der Waals surface area contributed by atoms with Gasteiger partial charge in [-0.3, -0.25) is 4.90 Å². The average molecular weight is 662 g/mol. The molecule has 2 aliphatic heterocycles. The molecule has 12 heteroatoms. The minimum atomic E-state index is -2.33. The lowest BCUT2D eigenvalue weighted by molar-refractivity contribution is 0.0982. The maximum absolute atomic E-state index is 12.3. The molecule has 1 aromatic heterocycles. The van der Waals surface area contributed by atoms with E-state index in [1.165, 1.54) is 31.6 Å². The Morgan fingerprint density at radius 1 is 1.02 bits per heavy atom. The first-order chi connectivity index (χ1) is 19.6. The molecule has 41 heavy (non-hydrogen) atoms. The summed E-state index contributed by atoms with van der Waals surface area (Å²) in [7, 11) is -0.117. The molecule has 0 spiro atoms. The lowest BCUT2D eigenvalue weighted by Crippen LogP contribution is -2.52. The van der Waals surface area contributed by atoms with Crippen LogP contribution in [0.1, 0.15) is 18.4 Å². The smallest absolute Gasteiger partial charge is 0.229 e. The number of likely N-dealkylation sites (N-methyl/N-ethyl adjacent to an activating group) is 1. The zero-order valence-corrected chi connectivity index (χ0v) is 27.2. The molecular formula is C29H38BrClN8OS. The summed E-state index contributed by atoms with van der Waals surface area (Å²) in [6.07, 6.45) is 7.25. The van der Waals surface area contributed by atoms with Crippen LogP contribution >= 0.6 is 27.5 Å². The normalized spacial score (nSPS) is 17.5. The standard InChI is InChI=1S/C29H38BrClN8OS/c1-20-17-26(23(31)18-27(20)39-11-9-21(10-12-39)38-15-13-37(2)14-16-38)34-29-32-19-22(30)28(35-29)33-24-7-5-6-8-25(24)36-41(3,4)40/h5-8,17-19,21H,9-16H2,1-4H3,(H2,32,33,34,35). The fourth-order valence-corrected chi connectivity index (χ4v) is 6.55. The Labute approximate surface area is 257 Å². The van der Waals surface area contributed by atoms with Crippen LogP contribution in [0.15, 0.2) is 51.4 Å². The van der Waals surface area contributed by atoms with Crippen LogP contribution in [0.5, 0.6) is 0 Å². The number of piperidine rings is 1. The fraction of sp³-hybridized carbons (Fsp3) is 0.448. The van der Waals surface area contributed by atoms with Gasteiger partial charge in [-0.05, 0) is 72.6 Å². The molecule has 0 aliphatic carbocycles. The van der Waals surface area contributed by atoms with Gasteiger partial charge >= 0.3 is 0 Å². The van der Waals surface area contributed by atoms with Crippen molar-refractivity contribution in [3.63, 3.8) is 0 Å². The number of aryl methyl sites for hydroxylation is 1. The Balaban J connectivity index is 1.28.